The minimum absolute atomic E-state index is 0.0821. The summed E-state index contributed by atoms with van der Waals surface area (Å²) >= 11 is 0. The number of carbonyl (C=O) groups is 2. The van der Waals surface area contributed by atoms with Gasteiger partial charge in [-0.05, 0) is 67.3 Å². The fourth-order valence-electron chi connectivity index (χ4n) is 4.42. The Balaban J connectivity index is 1.77. The van der Waals surface area contributed by atoms with E-state index < -0.39 is 17.7 Å². The molecule has 0 bridgehead atoms. The summed E-state index contributed by atoms with van der Waals surface area (Å²) in [6.45, 7) is 6.64. The fraction of sp³-hybridized carbons (Fsp3) is 0.267. The first-order valence-corrected chi connectivity index (χ1v) is 12.1. The number of hydrogen-bond acceptors (Lipinski definition) is 4. The molecule has 0 radical (unpaired) electrons. The maximum absolute atomic E-state index is 13.3. The summed E-state index contributed by atoms with van der Waals surface area (Å²) in [4.78, 5) is 28.2. The van der Waals surface area contributed by atoms with Gasteiger partial charge >= 0.3 is 0 Å². The smallest absolute Gasteiger partial charge is 0.300 e. The first-order valence-electron chi connectivity index (χ1n) is 12.1. The van der Waals surface area contributed by atoms with Crippen molar-refractivity contribution in [2.24, 2.45) is 0 Å². The van der Waals surface area contributed by atoms with Crippen LogP contribution in [0.3, 0.4) is 0 Å². The van der Waals surface area contributed by atoms with Gasteiger partial charge in [-0.15, -0.1) is 0 Å². The van der Waals surface area contributed by atoms with Crippen LogP contribution in [0.4, 0.5) is 5.69 Å². The van der Waals surface area contributed by atoms with Gasteiger partial charge in [-0.1, -0.05) is 62.2 Å². The highest BCUT2D eigenvalue weighted by atomic mass is 16.5. The molecule has 5 heteroatoms. The highest BCUT2D eigenvalue weighted by Crippen LogP contribution is 2.43. The minimum atomic E-state index is -0.735. The number of amides is 1. The Hall–Kier alpha value is -3.86. The number of ether oxygens (including phenoxy) is 1. The lowest BCUT2D eigenvalue weighted by molar-refractivity contribution is -0.132. The van der Waals surface area contributed by atoms with Crippen molar-refractivity contribution in [3.8, 4) is 5.75 Å². The van der Waals surface area contributed by atoms with Crippen LogP contribution in [-0.2, 0) is 9.59 Å². The molecule has 3 aromatic rings. The van der Waals surface area contributed by atoms with Gasteiger partial charge < -0.3 is 9.84 Å². The van der Waals surface area contributed by atoms with E-state index in [0.717, 1.165) is 36.0 Å². The summed E-state index contributed by atoms with van der Waals surface area (Å²) < 4.78 is 5.77. The second-order valence-corrected chi connectivity index (χ2v) is 8.95. The number of Topliss-reactive ketones (excluding diaryl/α,β-unsaturated/α-hetero) is 1. The molecule has 1 unspecified atom stereocenters. The molecule has 1 N–H and O–H groups in total. The van der Waals surface area contributed by atoms with Crippen molar-refractivity contribution < 1.29 is 19.4 Å². The molecule has 180 valence electrons. The van der Waals surface area contributed by atoms with Gasteiger partial charge in [-0.2, -0.15) is 0 Å². The molecule has 5 nitrogen and oxygen atoms in total. The number of hydrogen-bond donors (Lipinski definition) is 1. The molecule has 35 heavy (non-hydrogen) atoms. The predicted molar refractivity (Wildman–Crippen MR) is 139 cm³/mol. The van der Waals surface area contributed by atoms with E-state index in [1.165, 1.54) is 4.90 Å². The third kappa shape index (κ3) is 4.99. The SMILES string of the molecule is CCCCCOc1ccc(/C(O)=C2\C(=O)C(=O)N(c3cc(C)ccc3C)C2c2ccccc2)cc1. The predicted octanol–water partition coefficient (Wildman–Crippen LogP) is 6.50. The first-order chi connectivity index (χ1) is 16.9. The zero-order valence-corrected chi connectivity index (χ0v) is 20.5. The van der Waals surface area contributed by atoms with Crippen molar-refractivity contribution in [2.75, 3.05) is 11.5 Å². The zero-order chi connectivity index (χ0) is 24.9. The number of ketones is 1. The Labute approximate surface area is 206 Å². The van der Waals surface area contributed by atoms with E-state index in [1.807, 2.05) is 62.4 Å². The lowest BCUT2D eigenvalue weighted by atomic mass is 9.95. The topological polar surface area (TPSA) is 66.8 Å². The van der Waals surface area contributed by atoms with Gasteiger partial charge in [0, 0.05) is 11.3 Å². The van der Waals surface area contributed by atoms with Crippen molar-refractivity contribution in [3.63, 3.8) is 0 Å². The van der Waals surface area contributed by atoms with Gasteiger partial charge in [0.1, 0.15) is 11.5 Å². The molecule has 0 aliphatic carbocycles. The van der Waals surface area contributed by atoms with Crippen LogP contribution in [0.15, 0.2) is 78.4 Å². The lowest BCUT2D eigenvalue weighted by Crippen LogP contribution is -2.30. The number of carbonyl (C=O) groups excluding carboxylic acids is 2. The van der Waals surface area contributed by atoms with Crippen molar-refractivity contribution in [1.82, 2.24) is 0 Å². The van der Waals surface area contributed by atoms with Crippen LogP contribution < -0.4 is 9.64 Å². The number of aliphatic hydroxyl groups excluding tert-OH is 1. The maximum Gasteiger partial charge on any atom is 0.300 e. The van der Waals surface area contributed by atoms with E-state index in [0.29, 0.717) is 23.6 Å². The Kier molecular flexibility index (Phi) is 7.35. The Morgan fingerprint density at radius 1 is 0.943 bits per heavy atom. The van der Waals surface area contributed by atoms with Crippen LogP contribution >= 0.6 is 0 Å². The van der Waals surface area contributed by atoms with Crippen LogP contribution in [-0.4, -0.2) is 23.4 Å². The summed E-state index contributed by atoms with van der Waals surface area (Å²) in [6, 6.07) is 21.4. The Bertz CT molecular complexity index is 1250. The standard InChI is InChI=1S/C30H31NO4/c1-4-5-9-18-35-24-16-14-23(15-17-24)28(32)26-27(22-10-7-6-8-11-22)31(30(34)29(26)33)25-19-20(2)12-13-21(25)3/h6-8,10-17,19,27,32H,4-5,9,18H2,1-3H3/b28-26+. The van der Waals surface area contributed by atoms with E-state index in [9.17, 15) is 14.7 Å². The monoisotopic (exact) mass is 469 g/mol. The molecule has 4 rings (SSSR count). The molecule has 0 spiro atoms. The van der Waals surface area contributed by atoms with Gasteiger partial charge in [-0.3, -0.25) is 14.5 Å². The van der Waals surface area contributed by atoms with Crippen molar-refractivity contribution >= 4 is 23.1 Å². The molecule has 1 atom stereocenters. The minimum Gasteiger partial charge on any atom is -0.507 e. The molecular formula is C30H31NO4. The average Bonchev–Trinajstić information content (AvgIpc) is 3.14. The van der Waals surface area contributed by atoms with Crippen molar-refractivity contribution in [3.05, 3.63) is 101 Å². The third-order valence-corrected chi connectivity index (χ3v) is 6.33. The number of rotatable bonds is 8. The van der Waals surface area contributed by atoms with Gasteiger partial charge in [0.2, 0.25) is 0 Å². The van der Waals surface area contributed by atoms with Crippen LogP contribution in [0.25, 0.3) is 5.76 Å². The average molecular weight is 470 g/mol. The Morgan fingerprint density at radius 2 is 1.66 bits per heavy atom. The van der Waals surface area contributed by atoms with Crippen LogP contribution in [0, 0.1) is 13.8 Å². The van der Waals surface area contributed by atoms with Gasteiger partial charge in [0.25, 0.3) is 11.7 Å². The summed E-state index contributed by atoms with van der Waals surface area (Å²) in [6.07, 6.45) is 3.22. The second kappa shape index (κ2) is 10.6. The van der Waals surface area contributed by atoms with Crippen molar-refractivity contribution in [2.45, 2.75) is 46.1 Å². The van der Waals surface area contributed by atoms with E-state index in [4.69, 9.17) is 4.74 Å². The normalized spacial score (nSPS) is 17.1. The molecule has 1 saturated heterocycles. The van der Waals surface area contributed by atoms with Crippen LogP contribution in [0.5, 0.6) is 5.75 Å². The quantitative estimate of drug-likeness (QED) is 0.177. The highest BCUT2D eigenvalue weighted by molar-refractivity contribution is 6.51. The summed E-state index contributed by atoms with van der Waals surface area (Å²) in [5.41, 5.74) is 3.82. The van der Waals surface area contributed by atoms with E-state index >= 15 is 0 Å². The van der Waals surface area contributed by atoms with Gasteiger partial charge in [0.15, 0.2) is 0 Å². The van der Waals surface area contributed by atoms with E-state index in [2.05, 4.69) is 6.92 Å². The lowest BCUT2D eigenvalue weighted by Gasteiger charge is -2.27. The van der Waals surface area contributed by atoms with Crippen molar-refractivity contribution in [1.29, 1.82) is 0 Å². The molecule has 1 amide bonds. The molecule has 0 saturated carbocycles. The summed E-state index contributed by atoms with van der Waals surface area (Å²) in [5, 5.41) is 11.3. The summed E-state index contributed by atoms with van der Waals surface area (Å²) in [7, 11) is 0. The van der Waals surface area contributed by atoms with E-state index in [-0.39, 0.29) is 11.3 Å². The molecule has 1 aliphatic rings. The Morgan fingerprint density at radius 3 is 2.34 bits per heavy atom. The molecule has 1 heterocycles. The molecule has 1 aliphatic heterocycles. The number of nitrogens with zero attached hydrogens (tertiary/aromatic N) is 1. The summed E-state index contributed by atoms with van der Waals surface area (Å²) in [5.74, 6) is -0.835. The first kappa shape index (κ1) is 24.3. The number of aliphatic hydroxyl groups is 1. The van der Waals surface area contributed by atoms with Crippen LogP contribution in [0.1, 0.15) is 54.5 Å². The van der Waals surface area contributed by atoms with Gasteiger partial charge in [-0.25, -0.2) is 0 Å². The maximum atomic E-state index is 13.3. The number of aryl methyl sites for hydroxylation is 2. The molecule has 3 aromatic carbocycles. The second-order valence-electron chi connectivity index (χ2n) is 8.95. The fourth-order valence-corrected chi connectivity index (χ4v) is 4.42. The van der Waals surface area contributed by atoms with E-state index in [1.54, 1.807) is 24.3 Å². The molecular weight excluding hydrogens is 438 g/mol. The third-order valence-electron chi connectivity index (χ3n) is 6.33. The molecule has 1 fully saturated rings. The highest BCUT2D eigenvalue weighted by Gasteiger charge is 2.47. The van der Waals surface area contributed by atoms with Crippen LogP contribution in [0.2, 0.25) is 0 Å². The largest absolute Gasteiger partial charge is 0.507 e. The number of benzene rings is 3. The van der Waals surface area contributed by atoms with Gasteiger partial charge in [0.05, 0.1) is 18.2 Å². The zero-order valence-electron chi connectivity index (χ0n) is 20.5. The molecule has 0 aromatic heterocycles. The number of anilines is 1. The number of unbranched alkanes of at least 4 members (excludes halogenated alkanes) is 2.